The molecule has 3 heterocycles. The summed E-state index contributed by atoms with van der Waals surface area (Å²) in [6, 6.07) is 29.6. The standard InChI is InChI=1S/C26H18BN/c1-16-10-13-24-22(14-16)27-21-8-4-2-6-17(21)15-18-11-12-20-19-7-3-5-9-23(19)28(24)26(20)25(18)27/h2-14H,15H2,1H3. The van der Waals surface area contributed by atoms with E-state index in [4.69, 9.17) is 0 Å². The fraction of sp³-hybridized carbons (Fsp3) is 0.0769. The lowest BCUT2D eigenvalue weighted by atomic mass is 9.32. The van der Waals surface area contributed by atoms with Crippen molar-refractivity contribution in [3.8, 4) is 5.69 Å². The van der Waals surface area contributed by atoms with Crippen LogP contribution < -0.4 is 16.4 Å². The lowest BCUT2D eigenvalue weighted by Gasteiger charge is -2.33. The molecule has 0 unspecified atom stereocenters. The first-order valence-corrected chi connectivity index (χ1v) is 10.0. The van der Waals surface area contributed by atoms with Crippen molar-refractivity contribution in [2.75, 3.05) is 0 Å². The second kappa shape index (κ2) is 4.96. The molecule has 0 spiro atoms. The molecule has 0 saturated carbocycles. The predicted octanol–water partition coefficient (Wildman–Crippen LogP) is 3.83. The molecular weight excluding hydrogens is 337 g/mol. The van der Waals surface area contributed by atoms with Crippen molar-refractivity contribution in [2.24, 2.45) is 0 Å². The first-order valence-electron chi connectivity index (χ1n) is 10.0. The third-order valence-electron chi connectivity index (χ3n) is 6.74. The Bertz CT molecular complexity index is 1460. The number of nitrogens with zero attached hydrogens (tertiary/aromatic N) is 1. The van der Waals surface area contributed by atoms with Gasteiger partial charge in [-0.2, -0.15) is 0 Å². The van der Waals surface area contributed by atoms with Crippen LogP contribution in [0.1, 0.15) is 16.7 Å². The van der Waals surface area contributed by atoms with Gasteiger partial charge < -0.3 is 4.57 Å². The van der Waals surface area contributed by atoms with Crippen molar-refractivity contribution in [1.82, 2.24) is 4.57 Å². The van der Waals surface area contributed by atoms with Crippen LogP contribution >= 0.6 is 0 Å². The molecule has 28 heavy (non-hydrogen) atoms. The zero-order valence-corrected chi connectivity index (χ0v) is 15.7. The summed E-state index contributed by atoms with van der Waals surface area (Å²) in [6.45, 7) is 2.54. The Labute approximate surface area is 164 Å². The molecule has 0 radical (unpaired) electrons. The van der Waals surface area contributed by atoms with Gasteiger partial charge in [-0.15, -0.1) is 0 Å². The van der Waals surface area contributed by atoms with Crippen LogP contribution in [0.2, 0.25) is 0 Å². The van der Waals surface area contributed by atoms with E-state index in [2.05, 4.69) is 90.4 Å². The van der Waals surface area contributed by atoms with E-state index in [0.717, 1.165) is 6.42 Å². The molecular formula is C26H18BN. The maximum absolute atomic E-state index is 2.52. The molecule has 2 aliphatic rings. The Morgan fingerprint density at radius 1 is 0.750 bits per heavy atom. The monoisotopic (exact) mass is 355 g/mol. The van der Waals surface area contributed by atoms with Crippen molar-refractivity contribution < 1.29 is 0 Å². The largest absolute Gasteiger partial charge is 0.310 e. The molecule has 1 aromatic heterocycles. The summed E-state index contributed by atoms with van der Waals surface area (Å²) in [5.74, 6) is 0. The van der Waals surface area contributed by atoms with Crippen LogP contribution in [0.4, 0.5) is 0 Å². The van der Waals surface area contributed by atoms with Crippen LogP contribution in [-0.4, -0.2) is 11.3 Å². The highest BCUT2D eigenvalue weighted by atomic mass is 15.0. The average Bonchev–Trinajstić information content (AvgIpc) is 3.07. The van der Waals surface area contributed by atoms with Gasteiger partial charge in [0.2, 0.25) is 6.71 Å². The average molecular weight is 355 g/mol. The molecule has 0 atom stereocenters. The minimum atomic E-state index is 0.329. The smallest absolute Gasteiger partial charge is 0.247 e. The molecule has 0 N–H and O–H groups in total. The molecule has 4 aromatic carbocycles. The molecule has 2 heteroatoms. The normalized spacial score (nSPS) is 13.7. The van der Waals surface area contributed by atoms with E-state index in [1.807, 2.05) is 0 Å². The number of aryl methyl sites for hydroxylation is 1. The molecule has 130 valence electrons. The molecule has 1 nitrogen and oxygen atoms in total. The number of para-hydroxylation sites is 1. The minimum absolute atomic E-state index is 0.329. The van der Waals surface area contributed by atoms with Crippen molar-refractivity contribution in [2.45, 2.75) is 13.3 Å². The molecule has 0 saturated heterocycles. The third kappa shape index (κ3) is 1.65. The van der Waals surface area contributed by atoms with Gasteiger partial charge in [-0.3, -0.25) is 0 Å². The van der Waals surface area contributed by atoms with E-state index >= 15 is 0 Å². The van der Waals surface area contributed by atoms with E-state index in [1.165, 1.54) is 60.6 Å². The van der Waals surface area contributed by atoms with Crippen molar-refractivity contribution in [3.05, 3.63) is 95.6 Å². The van der Waals surface area contributed by atoms with E-state index in [9.17, 15) is 0 Å². The molecule has 0 fully saturated rings. The van der Waals surface area contributed by atoms with Crippen LogP contribution in [0.25, 0.3) is 27.5 Å². The maximum atomic E-state index is 2.52. The second-order valence-electron chi connectivity index (χ2n) is 8.26. The zero-order chi connectivity index (χ0) is 18.4. The quantitative estimate of drug-likeness (QED) is 0.365. The first kappa shape index (κ1) is 14.8. The molecule has 0 bridgehead atoms. The van der Waals surface area contributed by atoms with E-state index < -0.39 is 0 Å². The molecule has 5 aromatic rings. The Morgan fingerprint density at radius 3 is 2.57 bits per heavy atom. The topological polar surface area (TPSA) is 4.93 Å². The number of benzene rings is 4. The Balaban J connectivity index is 1.76. The van der Waals surface area contributed by atoms with Crippen molar-refractivity contribution in [3.63, 3.8) is 0 Å². The Hall–Kier alpha value is -3.26. The van der Waals surface area contributed by atoms with Crippen LogP contribution in [-0.2, 0) is 6.42 Å². The molecule has 2 aliphatic heterocycles. The number of rotatable bonds is 0. The second-order valence-corrected chi connectivity index (χ2v) is 8.26. The third-order valence-corrected chi connectivity index (χ3v) is 6.74. The summed E-state index contributed by atoms with van der Waals surface area (Å²) in [5.41, 5.74) is 12.8. The SMILES string of the molecule is Cc1ccc2c(c1)B1c3ccccc3Cc3ccc4c5ccccc5n-2c4c31. The highest BCUT2D eigenvalue weighted by Crippen LogP contribution is 2.35. The van der Waals surface area contributed by atoms with E-state index in [0.29, 0.717) is 6.71 Å². The first-order chi connectivity index (χ1) is 13.8. The molecule has 7 rings (SSSR count). The Kier molecular flexibility index (Phi) is 2.62. The van der Waals surface area contributed by atoms with Crippen LogP contribution in [0.15, 0.2) is 78.9 Å². The fourth-order valence-electron chi connectivity index (χ4n) is 5.62. The van der Waals surface area contributed by atoms with Crippen molar-refractivity contribution in [1.29, 1.82) is 0 Å². The highest BCUT2D eigenvalue weighted by Gasteiger charge is 2.38. The van der Waals surface area contributed by atoms with Gasteiger partial charge >= 0.3 is 0 Å². The van der Waals surface area contributed by atoms with Gasteiger partial charge in [0.25, 0.3) is 0 Å². The molecule has 0 aliphatic carbocycles. The van der Waals surface area contributed by atoms with Crippen molar-refractivity contribution >= 4 is 44.9 Å². The summed E-state index contributed by atoms with van der Waals surface area (Å²) < 4.78 is 2.52. The summed E-state index contributed by atoms with van der Waals surface area (Å²) in [7, 11) is 0. The number of hydrogen-bond donors (Lipinski definition) is 0. The maximum Gasteiger partial charge on any atom is 0.247 e. The van der Waals surface area contributed by atoms with Crippen LogP contribution in [0.3, 0.4) is 0 Å². The highest BCUT2D eigenvalue weighted by molar-refractivity contribution is 6.98. The summed E-state index contributed by atoms with van der Waals surface area (Å²) in [4.78, 5) is 0. The number of aromatic nitrogens is 1. The van der Waals surface area contributed by atoms with Gasteiger partial charge in [0, 0.05) is 22.0 Å². The summed E-state index contributed by atoms with van der Waals surface area (Å²) >= 11 is 0. The number of hydrogen-bond acceptors (Lipinski definition) is 0. The Morgan fingerprint density at radius 2 is 1.61 bits per heavy atom. The van der Waals surface area contributed by atoms with E-state index in [1.54, 1.807) is 0 Å². The van der Waals surface area contributed by atoms with Gasteiger partial charge in [-0.1, -0.05) is 77.8 Å². The van der Waals surface area contributed by atoms with Crippen LogP contribution in [0, 0.1) is 6.92 Å². The van der Waals surface area contributed by atoms with Gasteiger partial charge in [-0.05, 0) is 47.5 Å². The summed E-state index contributed by atoms with van der Waals surface area (Å²) in [6.07, 6.45) is 1.03. The van der Waals surface area contributed by atoms with Gasteiger partial charge in [0.15, 0.2) is 0 Å². The predicted molar refractivity (Wildman–Crippen MR) is 119 cm³/mol. The fourth-order valence-corrected chi connectivity index (χ4v) is 5.62. The lowest BCUT2D eigenvalue weighted by Crippen LogP contribution is -2.60. The van der Waals surface area contributed by atoms with Gasteiger partial charge in [0.1, 0.15) is 0 Å². The van der Waals surface area contributed by atoms with Crippen LogP contribution in [0.5, 0.6) is 0 Å². The zero-order valence-electron chi connectivity index (χ0n) is 15.7. The van der Waals surface area contributed by atoms with Gasteiger partial charge in [-0.25, -0.2) is 0 Å². The van der Waals surface area contributed by atoms with E-state index in [-0.39, 0.29) is 0 Å². The lowest BCUT2D eigenvalue weighted by molar-refractivity contribution is 1.16. The summed E-state index contributed by atoms with van der Waals surface area (Å²) in [5, 5.41) is 2.73. The molecule has 0 amide bonds. The van der Waals surface area contributed by atoms with Gasteiger partial charge in [0.05, 0.1) is 5.52 Å². The number of fused-ring (bicyclic) bond motifs is 8. The minimum Gasteiger partial charge on any atom is -0.310 e.